The smallest absolute Gasteiger partial charge is 0.243 e. The van der Waals surface area contributed by atoms with E-state index in [4.69, 9.17) is 0 Å². The first kappa shape index (κ1) is 21.2. The molecule has 0 heterocycles. The van der Waals surface area contributed by atoms with Gasteiger partial charge in [-0.15, -0.1) is 0 Å². The van der Waals surface area contributed by atoms with Crippen LogP contribution in [-0.2, 0) is 21.4 Å². The Balaban J connectivity index is 1.39. The maximum absolute atomic E-state index is 13.9. The fraction of sp³-hybridized carbons (Fsp3) is 0.208. The Labute approximate surface area is 181 Å². The average Bonchev–Trinajstić information content (AvgIpc) is 3.56. The van der Waals surface area contributed by atoms with E-state index in [9.17, 15) is 17.6 Å². The lowest BCUT2D eigenvalue weighted by molar-refractivity contribution is -0.117. The van der Waals surface area contributed by atoms with Crippen LogP contribution in [0.4, 0.5) is 10.1 Å². The standard InChI is InChI=1S/C24H23FN2O3S/c1-27(16-17-7-3-2-4-8-17)31(29,30)19-13-11-18(12-14-19)26-24(28)22-15-21(22)20-9-5-6-10-23(20)25/h2-14,21-22H,15-16H2,1H3,(H,26,28). The summed E-state index contributed by atoms with van der Waals surface area (Å²) in [5.74, 6) is -0.883. The fourth-order valence-electron chi connectivity index (χ4n) is 3.65. The van der Waals surface area contributed by atoms with E-state index in [-0.39, 0.29) is 35.0 Å². The first-order chi connectivity index (χ1) is 14.9. The van der Waals surface area contributed by atoms with Gasteiger partial charge in [0.15, 0.2) is 0 Å². The van der Waals surface area contributed by atoms with Gasteiger partial charge >= 0.3 is 0 Å². The molecule has 1 aliphatic rings. The number of hydrogen-bond donors (Lipinski definition) is 1. The number of amides is 1. The summed E-state index contributed by atoms with van der Waals surface area (Å²) in [6, 6.07) is 22.0. The van der Waals surface area contributed by atoms with E-state index < -0.39 is 10.0 Å². The van der Waals surface area contributed by atoms with Crippen LogP contribution in [0.25, 0.3) is 0 Å². The highest BCUT2D eigenvalue weighted by atomic mass is 32.2. The topological polar surface area (TPSA) is 66.5 Å². The van der Waals surface area contributed by atoms with Crippen LogP contribution in [0.1, 0.15) is 23.5 Å². The zero-order valence-electron chi connectivity index (χ0n) is 17.0. The summed E-state index contributed by atoms with van der Waals surface area (Å²) in [5, 5.41) is 2.80. The molecule has 4 rings (SSSR count). The van der Waals surface area contributed by atoms with Crippen molar-refractivity contribution in [2.24, 2.45) is 5.92 Å². The van der Waals surface area contributed by atoms with Gasteiger partial charge in [0.2, 0.25) is 15.9 Å². The summed E-state index contributed by atoms with van der Waals surface area (Å²) >= 11 is 0. The lowest BCUT2D eigenvalue weighted by Gasteiger charge is -2.17. The highest BCUT2D eigenvalue weighted by Gasteiger charge is 2.45. The van der Waals surface area contributed by atoms with Crippen LogP contribution in [-0.4, -0.2) is 25.7 Å². The third-order valence-electron chi connectivity index (χ3n) is 5.51. The number of benzene rings is 3. The van der Waals surface area contributed by atoms with E-state index in [1.54, 1.807) is 30.3 Å². The number of nitrogens with one attached hydrogen (secondary N) is 1. The van der Waals surface area contributed by atoms with Gasteiger partial charge in [0, 0.05) is 25.2 Å². The maximum Gasteiger partial charge on any atom is 0.243 e. The highest BCUT2D eigenvalue weighted by molar-refractivity contribution is 7.89. The monoisotopic (exact) mass is 438 g/mol. The molecule has 0 radical (unpaired) electrons. The van der Waals surface area contributed by atoms with Crippen LogP contribution in [0.5, 0.6) is 0 Å². The Morgan fingerprint density at radius 2 is 1.65 bits per heavy atom. The number of sulfonamides is 1. The van der Waals surface area contributed by atoms with Gasteiger partial charge in [-0.2, -0.15) is 4.31 Å². The first-order valence-corrected chi connectivity index (χ1v) is 11.5. The van der Waals surface area contributed by atoms with Crippen molar-refractivity contribution >= 4 is 21.6 Å². The number of nitrogens with zero attached hydrogens (tertiary/aromatic N) is 1. The Kier molecular flexibility index (Phi) is 5.89. The summed E-state index contributed by atoms with van der Waals surface area (Å²) in [7, 11) is -2.12. The minimum Gasteiger partial charge on any atom is -0.326 e. The molecule has 1 fully saturated rings. The van der Waals surface area contributed by atoms with Crippen molar-refractivity contribution in [1.82, 2.24) is 4.31 Å². The van der Waals surface area contributed by atoms with Gasteiger partial charge in [0.05, 0.1) is 4.90 Å². The first-order valence-electron chi connectivity index (χ1n) is 10.0. The molecule has 0 spiro atoms. The second kappa shape index (κ2) is 8.61. The SMILES string of the molecule is CN(Cc1ccccc1)S(=O)(=O)c1ccc(NC(=O)C2CC2c2ccccc2F)cc1. The average molecular weight is 439 g/mol. The fourth-order valence-corrected chi connectivity index (χ4v) is 4.81. The predicted molar refractivity (Wildman–Crippen MR) is 117 cm³/mol. The molecule has 1 aliphatic carbocycles. The van der Waals surface area contributed by atoms with Crippen molar-refractivity contribution in [3.63, 3.8) is 0 Å². The van der Waals surface area contributed by atoms with Crippen molar-refractivity contribution < 1.29 is 17.6 Å². The number of carbonyl (C=O) groups is 1. The molecule has 0 aliphatic heterocycles. The van der Waals surface area contributed by atoms with Crippen LogP contribution in [0.15, 0.2) is 83.8 Å². The van der Waals surface area contributed by atoms with Gasteiger partial charge in [0.1, 0.15) is 5.82 Å². The van der Waals surface area contributed by atoms with Gasteiger partial charge in [0.25, 0.3) is 0 Å². The van der Waals surface area contributed by atoms with E-state index in [2.05, 4.69) is 5.32 Å². The summed E-state index contributed by atoms with van der Waals surface area (Å²) in [6.45, 7) is 0.265. The van der Waals surface area contributed by atoms with Gasteiger partial charge in [-0.3, -0.25) is 4.79 Å². The second-order valence-corrected chi connectivity index (χ2v) is 9.78. The van der Waals surface area contributed by atoms with Gasteiger partial charge in [-0.1, -0.05) is 48.5 Å². The maximum atomic E-state index is 13.9. The van der Waals surface area contributed by atoms with Crippen LogP contribution < -0.4 is 5.32 Å². The Bertz CT molecular complexity index is 1180. The molecule has 0 bridgehead atoms. The van der Waals surface area contributed by atoms with Gasteiger partial charge in [-0.05, 0) is 53.8 Å². The largest absolute Gasteiger partial charge is 0.326 e. The zero-order chi connectivity index (χ0) is 22.0. The molecule has 160 valence electrons. The number of rotatable bonds is 7. The molecule has 7 heteroatoms. The van der Waals surface area contributed by atoms with Gasteiger partial charge < -0.3 is 5.32 Å². The van der Waals surface area contributed by atoms with E-state index >= 15 is 0 Å². The second-order valence-electron chi connectivity index (χ2n) is 7.73. The molecule has 1 amide bonds. The molecule has 0 aromatic heterocycles. The van der Waals surface area contributed by atoms with E-state index in [0.29, 0.717) is 17.7 Å². The van der Waals surface area contributed by atoms with Crippen LogP contribution in [0.3, 0.4) is 0 Å². The molecule has 2 atom stereocenters. The minimum absolute atomic E-state index is 0.118. The molecule has 1 saturated carbocycles. The number of hydrogen-bond acceptors (Lipinski definition) is 3. The van der Waals surface area contributed by atoms with Crippen molar-refractivity contribution in [2.75, 3.05) is 12.4 Å². The number of carbonyl (C=O) groups excluding carboxylic acids is 1. The predicted octanol–water partition coefficient (Wildman–Crippen LogP) is 4.39. The highest BCUT2D eigenvalue weighted by Crippen LogP contribution is 2.48. The van der Waals surface area contributed by atoms with Crippen molar-refractivity contribution in [3.8, 4) is 0 Å². The normalized spacial score (nSPS) is 18.0. The molecule has 3 aromatic carbocycles. The number of anilines is 1. The molecule has 5 nitrogen and oxygen atoms in total. The van der Waals surface area contributed by atoms with E-state index in [1.165, 1.54) is 29.6 Å². The van der Waals surface area contributed by atoms with E-state index in [1.807, 2.05) is 30.3 Å². The third-order valence-corrected chi connectivity index (χ3v) is 7.33. The Morgan fingerprint density at radius 3 is 2.32 bits per heavy atom. The van der Waals surface area contributed by atoms with Crippen LogP contribution in [0, 0.1) is 11.7 Å². The molecule has 3 aromatic rings. The molecule has 0 saturated heterocycles. The molecular weight excluding hydrogens is 415 g/mol. The van der Waals surface area contributed by atoms with Crippen LogP contribution in [0.2, 0.25) is 0 Å². The van der Waals surface area contributed by atoms with Crippen molar-refractivity contribution in [2.45, 2.75) is 23.8 Å². The summed E-state index contributed by atoms with van der Waals surface area (Å²) in [6.07, 6.45) is 0.601. The zero-order valence-corrected chi connectivity index (χ0v) is 17.8. The quantitative estimate of drug-likeness (QED) is 0.595. The molecule has 1 N–H and O–H groups in total. The lowest BCUT2D eigenvalue weighted by atomic mass is 10.1. The number of halogens is 1. The Morgan fingerprint density at radius 1 is 1.00 bits per heavy atom. The van der Waals surface area contributed by atoms with Crippen LogP contribution >= 0.6 is 0 Å². The van der Waals surface area contributed by atoms with Crippen molar-refractivity contribution in [3.05, 3.63) is 95.8 Å². The Hall–Kier alpha value is -3.03. The lowest BCUT2D eigenvalue weighted by Crippen LogP contribution is -2.26. The van der Waals surface area contributed by atoms with E-state index in [0.717, 1.165) is 5.56 Å². The minimum atomic E-state index is -3.66. The molecule has 31 heavy (non-hydrogen) atoms. The van der Waals surface area contributed by atoms with Crippen molar-refractivity contribution in [1.29, 1.82) is 0 Å². The summed E-state index contributed by atoms with van der Waals surface area (Å²) < 4.78 is 40.8. The van der Waals surface area contributed by atoms with Gasteiger partial charge in [-0.25, -0.2) is 12.8 Å². The third kappa shape index (κ3) is 4.68. The summed E-state index contributed by atoms with van der Waals surface area (Å²) in [5.41, 5.74) is 1.96. The molecular formula is C24H23FN2O3S. The summed E-state index contributed by atoms with van der Waals surface area (Å²) in [4.78, 5) is 12.7. The molecule has 2 unspecified atom stereocenters.